The van der Waals surface area contributed by atoms with Gasteiger partial charge in [0.1, 0.15) is 0 Å². The Morgan fingerprint density at radius 3 is 2.83 bits per heavy atom. The molecule has 0 bridgehead atoms. The lowest BCUT2D eigenvalue weighted by atomic mass is 10.2. The van der Waals surface area contributed by atoms with Gasteiger partial charge in [0.25, 0.3) is 5.56 Å². The van der Waals surface area contributed by atoms with Crippen LogP contribution in [0.5, 0.6) is 0 Å². The third-order valence-corrected chi connectivity index (χ3v) is 1.51. The van der Waals surface area contributed by atoms with Crippen LogP contribution in [0.3, 0.4) is 0 Å². The van der Waals surface area contributed by atoms with Crippen molar-refractivity contribution in [1.29, 1.82) is 0 Å². The number of allylic oxidation sites excluding steroid dienone is 1. The number of rotatable bonds is 3. The largest absolute Gasteiger partial charge is 0.325 e. The molecule has 1 rings (SSSR count). The van der Waals surface area contributed by atoms with Crippen LogP contribution >= 0.6 is 0 Å². The van der Waals surface area contributed by atoms with Gasteiger partial charge in [-0.15, -0.1) is 6.58 Å². The molecule has 64 valence electrons. The predicted molar refractivity (Wildman–Crippen MR) is 46.2 cm³/mol. The molecule has 0 fully saturated rings. The van der Waals surface area contributed by atoms with E-state index in [9.17, 15) is 9.59 Å². The molecule has 0 aromatic carbocycles. The van der Waals surface area contributed by atoms with Crippen molar-refractivity contribution in [2.45, 2.75) is 12.8 Å². The standard InChI is InChI=1S/C8H10N2O2/c1-2-3-4-6-5-9-8(12)10-7(6)11/h2,5H,1,3-4H2,(H2,9,10,11,12). The van der Waals surface area contributed by atoms with E-state index in [1.807, 2.05) is 0 Å². The molecule has 0 saturated carbocycles. The minimum atomic E-state index is -0.470. The first-order chi connectivity index (χ1) is 5.74. The first kappa shape index (κ1) is 8.52. The molecule has 12 heavy (non-hydrogen) atoms. The van der Waals surface area contributed by atoms with Crippen molar-refractivity contribution in [2.24, 2.45) is 0 Å². The minimum absolute atomic E-state index is 0.319. The first-order valence-corrected chi connectivity index (χ1v) is 3.66. The van der Waals surface area contributed by atoms with Crippen LogP contribution in [0.25, 0.3) is 0 Å². The van der Waals surface area contributed by atoms with Crippen molar-refractivity contribution in [1.82, 2.24) is 9.97 Å². The fourth-order valence-corrected chi connectivity index (χ4v) is 0.881. The molecule has 0 unspecified atom stereocenters. The second-order valence-electron chi connectivity index (χ2n) is 2.42. The molecule has 0 spiro atoms. The lowest BCUT2D eigenvalue weighted by molar-refractivity contribution is 0.916. The summed E-state index contributed by atoms with van der Waals surface area (Å²) in [6.07, 6.45) is 4.50. The topological polar surface area (TPSA) is 65.7 Å². The van der Waals surface area contributed by atoms with Crippen LogP contribution < -0.4 is 11.2 Å². The maximum absolute atomic E-state index is 11.0. The van der Waals surface area contributed by atoms with Gasteiger partial charge in [-0.05, 0) is 12.8 Å². The zero-order valence-electron chi connectivity index (χ0n) is 6.59. The normalized spacial score (nSPS) is 9.67. The lowest BCUT2D eigenvalue weighted by Gasteiger charge is -1.93. The number of H-pyrrole nitrogens is 2. The van der Waals surface area contributed by atoms with E-state index in [1.54, 1.807) is 6.08 Å². The number of aromatic nitrogens is 2. The Kier molecular flexibility index (Phi) is 2.63. The fourth-order valence-electron chi connectivity index (χ4n) is 0.881. The van der Waals surface area contributed by atoms with Gasteiger partial charge in [0, 0.05) is 11.8 Å². The van der Waals surface area contributed by atoms with Crippen LogP contribution in [-0.2, 0) is 6.42 Å². The van der Waals surface area contributed by atoms with E-state index in [4.69, 9.17) is 0 Å². The van der Waals surface area contributed by atoms with Gasteiger partial charge < -0.3 is 4.98 Å². The van der Waals surface area contributed by atoms with Crippen LogP contribution in [0, 0.1) is 0 Å². The van der Waals surface area contributed by atoms with Crippen molar-refractivity contribution in [2.75, 3.05) is 0 Å². The molecule has 2 N–H and O–H groups in total. The molecule has 1 aromatic heterocycles. The highest BCUT2D eigenvalue weighted by Crippen LogP contribution is 1.92. The molecule has 0 aliphatic carbocycles. The van der Waals surface area contributed by atoms with Crippen molar-refractivity contribution >= 4 is 0 Å². The number of aryl methyl sites for hydroxylation is 1. The van der Waals surface area contributed by atoms with Crippen molar-refractivity contribution in [3.63, 3.8) is 0 Å². The summed E-state index contributed by atoms with van der Waals surface area (Å²) < 4.78 is 0. The Balaban J connectivity index is 2.94. The average molecular weight is 166 g/mol. The predicted octanol–water partition coefficient (Wildman–Crippen LogP) is 0.182. The van der Waals surface area contributed by atoms with E-state index in [0.29, 0.717) is 12.0 Å². The Morgan fingerprint density at radius 1 is 1.50 bits per heavy atom. The summed E-state index contributed by atoms with van der Waals surface area (Å²) >= 11 is 0. The molecule has 4 heteroatoms. The van der Waals surface area contributed by atoms with Crippen LogP contribution in [0.15, 0.2) is 28.4 Å². The second-order valence-corrected chi connectivity index (χ2v) is 2.42. The van der Waals surface area contributed by atoms with Crippen LogP contribution in [0.4, 0.5) is 0 Å². The van der Waals surface area contributed by atoms with Gasteiger partial charge in [0.2, 0.25) is 0 Å². The maximum Gasteiger partial charge on any atom is 0.325 e. The van der Waals surface area contributed by atoms with E-state index in [-0.39, 0.29) is 5.56 Å². The van der Waals surface area contributed by atoms with Gasteiger partial charge in [-0.25, -0.2) is 4.79 Å². The average Bonchev–Trinajstić information content (AvgIpc) is 2.03. The van der Waals surface area contributed by atoms with E-state index in [1.165, 1.54) is 6.20 Å². The Bertz CT molecular complexity index is 375. The van der Waals surface area contributed by atoms with Crippen LogP contribution in [0.2, 0.25) is 0 Å². The molecule has 1 heterocycles. The van der Waals surface area contributed by atoms with E-state index < -0.39 is 5.69 Å². The highest BCUT2D eigenvalue weighted by Gasteiger charge is 1.97. The SMILES string of the molecule is C=CCCc1c[nH]c(=O)[nH]c1=O. The first-order valence-electron chi connectivity index (χ1n) is 3.66. The molecule has 0 atom stereocenters. The zero-order valence-corrected chi connectivity index (χ0v) is 6.59. The molecule has 0 saturated heterocycles. The molecule has 0 radical (unpaired) electrons. The fraction of sp³-hybridized carbons (Fsp3) is 0.250. The maximum atomic E-state index is 11.0. The van der Waals surface area contributed by atoms with Gasteiger partial charge in [0.15, 0.2) is 0 Å². The van der Waals surface area contributed by atoms with E-state index in [2.05, 4.69) is 16.5 Å². The Labute approximate surface area is 69.0 Å². The quantitative estimate of drug-likeness (QED) is 0.629. The third kappa shape index (κ3) is 1.95. The third-order valence-electron chi connectivity index (χ3n) is 1.51. The second kappa shape index (κ2) is 3.71. The van der Waals surface area contributed by atoms with E-state index in [0.717, 1.165) is 6.42 Å². The molecule has 4 nitrogen and oxygen atoms in total. The van der Waals surface area contributed by atoms with Gasteiger partial charge in [-0.3, -0.25) is 9.78 Å². The molecular weight excluding hydrogens is 156 g/mol. The number of hydrogen-bond donors (Lipinski definition) is 2. The lowest BCUT2D eigenvalue weighted by Crippen LogP contribution is -2.24. The van der Waals surface area contributed by atoms with Gasteiger partial charge >= 0.3 is 5.69 Å². The molecular formula is C8H10N2O2. The smallest absolute Gasteiger partial charge is 0.314 e. The van der Waals surface area contributed by atoms with Crippen molar-refractivity contribution in [3.05, 3.63) is 45.3 Å². The summed E-state index contributed by atoms with van der Waals surface area (Å²) in [5.41, 5.74) is -0.211. The van der Waals surface area contributed by atoms with Crippen LogP contribution in [-0.4, -0.2) is 9.97 Å². The highest BCUT2D eigenvalue weighted by molar-refractivity contribution is 5.04. The molecule has 0 aliphatic rings. The highest BCUT2D eigenvalue weighted by atomic mass is 16.2. The van der Waals surface area contributed by atoms with Crippen LogP contribution in [0.1, 0.15) is 12.0 Å². The minimum Gasteiger partial charge on any atom is -0.314 e. The number of hydrogen-bond acceptors (Lipinski definition) is 2. The van der Waals surface area contributed by atoms with Crippen molar-refractivity contribution in [3.8, 4) is 0 Å². The van der Waals surface area contributed by atoms with Gasteiger partial charge in [-0.2, -0.15) is 0 Å². The summed E-state index contributed by atoms with van der Waals surface area (Å²) in [6.45, 7) is 3.54. The van der Waals surface area contributed by atoms with Crippen molar-refractivity contribution < 1.29 is 0 Å². The Morgan fingerprint density at radius 2 is 2.25 bits per heavy atom. The monoisotopic (exact) mass is 166 g/mol. The zero-order chi connectivity index (χ0) is 8.97. The van der Waals surface area contributed by atoms with E-state index >= 15 is 0 Å². The summed E-state index contributed by atoms with van der Waals surface area (Å²) in [6, 6.07) is 0. The summed E-state index contributed by atoms with van der Waals surface area (Å²) in [5, 5.41) is 0. The summed E-state index contributed by atoms with van der Waals surface area (Å²) in [4.78, 5) is 26.2. The Hall–Kier alpha value is -1.58. The molecule has 1 aromatic rings. The summed E-state index contributed by atoms with van der Waals surface area (Å²) in [7, 11) is 0. The number of nitrogens with one attached hydrogen (secondary N) is 2. The van der Waals surface area contributed by atoms with Gasteiger partial charge in [-0.1, -0.05) is 6.08 Å². The summed E-state index contributed by atoms with van der Waals surface area (Å²) in [5.74, 6) is 0. The number of aromatic amines is 2. The van der Waals surface area contributed by atoms with Gasteiger partial charge in [0.05, 0.1) is 0 Å². The molecule has 0 aliphatic heterocycles. The molecule has 0 amide bonds.